The van der Waals surface area contributed by atoms with Gasteiger partial charge in [0, 0.05) is 23.7 Å². The van der Waals surface area contributed by atoms with E-state index >= 15 is 0 Å². The molecule has 0 bridgehead atoms. The first-order chi connectivity index (χ1) is 13.3. The van der Waals surface area contributed by atoms with E-state index in [9.17, 15) is 13.2 Å². The van der Waals surface area contributed by atoms with E-state index in [0.29, 0.717) is 17.2 Å². The zero-order chi connectivity index (χ0) is 20.1. The summed E-state index contributed by atoms with van der Waals surface area (Å²) in [6.45, 7) is 2.78. The van der Waals surface area contributed by atoms with Crippen LogP contribution in [0.25, 0.3) is 0 Å². The van der Waals surface area contributed by atoms with Crippen LogP contribution in [0.3, 0.4) is 0 Å². The molecule has 1 heterocycles. The van der Waals surface area contributed by atoms with Crippen molar-refractivity contribution in [1.29, 1.82) is 0 Å². The zero-order valence-electron chi connectivity index (χ0n) is 15.5. The SMILES string of the molecule is C[C@H](NC(=O)c1ccc(S(=O)(=O)NC[C@H]2CCCO2)cc1)c1cccc(Cl)c1. The van der Waals surface area contributed by atoms with Crippen molar-refractivity contribution >= 4 is 27.5 Å². The van der Waals surface area contributed by atoms with Gasteiger partial charge in [-0.1, -0.05) is 23.7 Å². The molecule has 150 valence electrons. The smallest absolute Gasteiger partial charge is 0.251 e. The number of ether oxygens (including phenoxy) is 1. The topological polar surface area (TPSA) is 84.5 Å². The maximum atomic E-state index is 12.4. The molecule has 0 spiro atoms. The third-order valence-corrected chi connectivity index (χ3v) is 6.32. The number of nitrogens with one attached hydrogen (secondary N) is 2. The lowest BCUT2D eigenvalue weighted by molar-refractivity contribution is 0.0939. The van der Waals surface area contributed by atoms with Crippen LogP contribution in [0.2, 0.25) is 5.02 Å². The minimum atomic E-state index is -3.64. The highest BCUT2D eigenvalue weighted by Gasteiger charge is 2.20. The molecule has 1 aliphatic rings. The van der Waals surface area contributed by atoms with E-state index in [4.69, 9.17) is 16.3 Å². The Hall–Kier alpha value is -1.93. The Bertz CT molecular complexity index is 925. The van der Waals surface area contributed by atoms with Crippen molar-refractivity contribution in [3.8, 4) is 0 Å². The highest BCUT2D eigenvalue weighted by atomic mass is 35.5. The molecular weight excluding hydrogens is 400 g/mol. The Morgan fingerprint density at radius 1 is 1.25 bits per heavy atom. The summed E-state index contributed by atoms with van der Waals surface area (Å²) in [7, 11) is -3.64. The highest BCUT2D eigenvalue weighted by molar-refractivity contribution is 7.89. The van der Waals surface area contributed by atoms with Gasteiger partial charge >= 0.3 is 0 Å². The van der Waals surface area contributed by atoms with Gasteiger partial charge in [-0.05, 0) is 61.7 Å². The predicted molar refractivity (Wildman–Crippen MR) is 108 cm³/mol. The molecule has 1 amide bonds. The first kappa shape index (κ1) is 20.8. The van der Waals surface area contributed by atoms with Crippen molar-refractivity contribution in [3.63, 3.8) is 0 Å². The minimum Gasteiger partial charge on any atom is -0.377 e. The summed E-state index contributed by atoms with van der Waals surface area (Å²) in [6, 6.07) is 12.9. The molecule has 2 aromatic rings. The number of halogens is 1. The Morgan fingerprint density at radius 3 is 2.64 bits per heavy atom. The molecule has 1 aliphatic heterocycles. The Kier molecular flexibility index (Phi) is 6.72. The van der Waals surface area contributed by atoms with Crippen LogP contribution >= 0.6 is 11.6 Å². The maximum Gasteiger partial charge on any atom is 0.251 e. The van der Waals surface area contributed by atoms with Crippen LogP contribution < -0.4 is 10.0 Å². The number of hydrogen-bond donors (Lipinski definition) is 2. The monoisotopic (exact) mass is 422 g/mol. The molecule has 1 fully saturated rings. The Balaban J connectivity index is 1.61. The van der Waals surface area contributed by atoms with Gasteiger partial charge in [0.15, 0.2) is 0 Å². The van der Waals surface area contributed by atoms with Crippen LogP contribution in [0.15, 0.2) is 53.4 Å². The Morgan fingerprint density at radius 2 is 2.00 bits per heavy atom. The van der Waals surface area contributed by atoms with E-state index in [0.717, 1.165) is 18.4 Å². The summed E-state index contributed by atoms with van der Waals surface area (Å²) in [5, 5.41) is 3.48. The molecule has 2 atom stereocenters. The number of hydrogen-bond acceptors (Lipinski definition) is 4. The van der Waals surface area contributed by atoms with Crippen molar-refractivity contribution in [2.24, 2.45) is 0 Å². The molecule has 2 N–H and O–H groups in total. The minimum absolute atomic E-state index is 0.0761. The van der Waals surface area contributed by atoms with Crippen molar-refractivity contribution in [1.82, 2.24) is 10.0 Å². The molecule has 0 aromatic heterocycles. The quantitative estimate of drug-likeness (QED) is 0.717. The van der Waals surface area contributed by atoms with Gasteiger partial charge in [-0.15, -0.1) is 0 Å². The molecule has 1 saturated heterocycles. The average Bonchev–Trinajstić information content (AvgIpc) is 3.20. The summed E-state index contributed by atoms with van der Waals surface area (Å²) in [5.41, 5.74) is 1.27. The normalized spacial score (nSPS) is 18.0. The molecule has 28 heavy (non-hydrogen) atoms. The number of carbonyl (C=O) groups is 1. The number of carbonyl (C=O) groups excluding carboxylic acids is 1. The molecule has 2 aromatic carbocycles. The summed E-state index contributed by atoms with van der Waals surface area (Å²) >= 11 is 5.99. The third kappa shape index (κ3) is 5.32. The molecular formula is C20H23ClN2O4S. The maximum absolute atomic E-state index is 12.4. The van der Waals surface area contributed by atoms with Gasteiger partial charge in [-0.25, -0.2) is 13.1 Å². The summed E-state index contributed by atoms with van der Waals surface area (Å²) in [6.07, 6.45) is 1.73. The fourth-order valence-corrected chi connectivity index (χ4v) is 4.28. The average molecular weight is 423 g/mol. The third-order valence-electron chi connectivity index (χ3n) is 4.65. The first-order valence-electron chi connectivity index (χ1n) is 9.13. The lowest BCUT2D eigenvalue weighted by Crippen LogP contribution is -2.32. The van der Waals surface area contributed by atoms with Gasteiger partial charge in [-0.3, -0.25) is 4.79 Å². The standard InChI is InChI=1S/C20H23ClN2O4S/c1-14(16-4-2-5-17(21)12-16)23-20(24)15-7-9-19(10-8-15)28(25,26)22-13-18-6-3-11-27-18/h2,4-5,7-10,12,14,18,22H,3,6,11,13H2,1H3,(H,23,24)/t14-,18+/m0/s1. The highest BCUT2D eigenvalue weighted by Crippen LogP contribution is 2.18. The summed E-state index contributed by atoms with van der Waals surface area (Å²) < 4.78 is 32.8. The number of rotatable bonds is 7. The molecule has 0 aliphatic carbocycles. The van der Waals surface area contributed by atoms with Gasteiger partial charge in [0.1, 0.15) is 0 Å². The van der Waals surface area contributed by atoms with E-state index < -0.39 is 10.0 Å². The summed E-state index contributed by atoms with van der Waals surface area (Å²) in [4.78, 5) is 12.6. The van der Waals surface area contributed by atoms with Crippen LogP contribution in [0, 0.1) is 0 Å². The van der Waals surface area contributed by atoms with Crippen molar-refractivity contribution < 1.29 is 17.9 Å². The fraction of sp³-hybridized carbons (Fsp3) is 0.350. The Labute approximate surface area is 170 Å². The second-order valence-electron chi connectivity index (χ2n) is 6.76. The molecule has 8 heteroatoms. The van der Waals surface area contributed by atoms with Crippen molar-refractivity contribution in [2.45, 2.75) is 36.8 Å². The largest absolute Gasteiger partial charge is 0.377 e. The number of sulfonamides is 1. The van der Waals surface area contributed by atoms with Crippen LogP contribution in [-0.2, 0) is 14.8 Å². The zero-order valence-corrected chi connectivity index (χ0v) is 17.1. The van der Waals surface area contributed by atoms with Gasteiger partial charge < -0.3 is 10.1 Å². The molecule has 6 nitrogen and oxygen atoms in total. The molecule has 0 unspecified atom stereocenters. The van der Waals surface area contributed by atoms with Crippen molar-refractivity contribution in [3.05, 3.63) is 64.7 Å². The predicted octanol–water partition coefficient (Wildman–Crippen LogP) is 3.29. The van der Waals surface area contributed by atoms with Gasteiger partial charge in [0.2, 0.25) is 10.0 Å². The first-order valence-corrected chi connectivity index (χ1v) is 11.0. The lowest BCUT2D eigenvalue weighted by Gasteiger charge is -2.15. The van der Waals surface area contributed by atoms with E-state index in [1.807, 2.05) is 19.1 Å². The van der Waals surface area contributed by atoms with Crippen LogP contribution in [0.4, 0.5) is 0 Å². The number of amides is 1. The molecule has 0 saturated carbocycles. The van der Waals surface area contributed by atoms with E-state index in [-0.39, 0.29) is 29.5 Å². The fourth-order valence-electron chi connectivity index (χ4n) is 3.02. The number of benzene rings is 2. The van der Waals surface area contributed by atoms with Gasteiger partial charge in [-0.2, -0.15) is 0 Å². The van der Waals surface area contributed by atoms with Crippen LogP contribution in [0.5, 0.6) is 0 Å². The lowest BCUT2D eigenvalue weighted by atomic mass is 10.1. The van der Waals surface area contributed by atoms with Gasteiger partial charge in [0.25, 0.3) is 5.91 Å². The molecule has 3 rings (SSSR count). The van der Waals surface area contributed by atoms with E-state index in [1.165, 1.54) is 24.3 Å². The van der Waals surface area contributed by atoms with E-state index in [2.05, 4.69) is 10.0 Å². The second-order valence-corrected chi connectivity index (χ2v) is 8.96. The van der Waals surface area contributed by atoms with Gasteiger partial charge in [0.05, 0.1) is 17.0 Å². The van der Waals surface area contributed by atoms with Crippen LogP contribution in [0.1, 0.15) is 41.7 Å². The molecule has 0 radical (unpaired) electrons. The summed E-state index contributed by atoms with van der Waals surface area (Å²) in [5.74, 6) is -0.288. The van der Waals surface area contributed by atoms with E-state index in [1.54, 1.807) is 12.1 Å². The van der Waals surface area contributed by atoms with Crippen LogP contribution in [-0.4, -0.2) is 33.6 Å². The second kappa shape index (κ2) is 9.05. The van der Waals surface area contributed by atoms with Crippen molar-refractivity contribution in [2.75, 3.05) is 13.2 Å².